The molecule has 0 fully saturated rings. The maximum absolute atomic E-state index is 12.4. The molecule has 3 N–H and O–H groups in total. The highest BCUT2D eigenvalue weighted by molar-refractivity contribution is 7.93. The molecule has 0 amide bonds. The van der Waals surface area contributed by atoms with Crippen LogP contribution in [0.1, 0.15) is 0 Å². The van der Waals surface area contributed by atoms with Crippen molar-refractivity contribution in [3.63, 3.8) is 0 Å². The fourth-order valence-corrected chi connectivity index (χ4v) is 4.31. The summed E-state index contributed by atoms with van der Waals surface area (Å²) in [5.41, 5.74) is 8.30. The summed E-state index contributed by atoms with van der Waals surface area (Å²) >= 11 is 1.21. The van der Waals surface area contributed by atoms with E-state index in [9.17, 15) is 8.42 Å². The minimum atomic E-state index is -3.70. The summed E-state index contributed by atoms with van der Waals surface area (Å²) in [4.78, 5) is 8.29. The summed E-state index contributed by atoms with van der Waals surface area (Å²) in [5.74, 6) is 0. The number of rotatable bonds is 5. The van der Waals surface area contributed by atoms with Crippen LogP contribution in [-0.2, 0) is 10.0 Å². The predicted octanol–water partition coefficient (Wildman–Crippen LogP) is 4.49. The molecule has 0 aliphatic carbocycles. The van der Waals surface area contributed by atoms with Crippen molar-refractivity contribution in [3.8, 4) is 0 Å². The zero-order chi connectivity index (χ0) is 19.6. The van der Waals surface area contributed by atoms with E-state index < -0.39 is 10.0 Å². The van der Waals surface area contributed by atoms with Gasteiger partial charge in [-0.3, -0.25) is 9.71 Å². The quantitative estimate of drug-likeness (QED) is 0.371. The third kappa shape index (κ3) is 3.68. The number of fused-ring (bicyclic) bond motifs is 1. The SMILES string of the molecule is Nc1ccc(N=Nc2ccc(S(=O)(=O)Nc3nccs3)cc2)c2cccnc12. The Bertz CT molecular complexity index is 1250. The number of sulfonamides is 1. The van der Waals surface area contributed by atoms with Gasteiger partial charge in [0, 0.05) is 23.2 Å². The lowest BCUT2D eigenvalue weighted by atomic mass is 10.1. The largest absolute Gasteiger partial charge is 0.397 e. The summed E-state index contributed by atoms with van der Waals surface area (Å²) in [6.07, 6.45) is 3.20. The number of azo groups is 1. The van der Waals surface area contributed by atoms with Crippen LogP contribution in [0.5, 0.6) is 0 Å². The second-order valence-corrected chi connectivity index (χ2v) is 8.29. The minimum absolute atomic E-state index is 0.115. The van der Waals surface area contributed by atoms with Gasteiger partial charge in [-0.25, -0.2) is 13.4 Å². The van der Waals surface area contributed by atoms with Gasteiger partial charge in [-0.15, -0.1) is 16.5 Å². The van der Waals surface area contributed by atoms with Crippen molar-refractivity contribution in [2.75, 3.05) is 10.5 Å². The molecule has 0 atom stereocenters. The standard InChI is InChI=1S/C18H14N6O2S2/c19-15-7-8-16(14-2-1-9-20-17(14)15)23-22-12-3-5-13(6-4-12)28(25,26)24-18-21-10-11-27-18/h1-11H,19H2,(H,21,24). The van der Waals surface area contributed by atoms with E-state index in [1.807, 2.05) is 6.07 Å². The normalized spacial score (nSPS) is 11.9. The monoisotopic (exact) mass is 410 g/mol. The number of thiazole rings is 1. The van der Waals surface area contributed by atoms with E-state index in [1.54, 1.807) is 41.9 Å². The topological polar surface area (TPSA) is 123 Å². The van der Waals surface area contributed by atoms with E-state index in [1.165, 1.54) is 29.7 Å². The molecule has 2 aromatic heterocycles. The van der Waals surface area contributed by atoms with E-state index in [0.717, 1.165) is 5.39 Å². The third-order valence-electron chi connectivity index (χ3n) is 3.85. The van der Waals surface area contributed by atoms with Crippen molar-refractivity contribution < 1.29 is 8.42 Å². The molecule has 0 spiro atoms. The van der Waals surface area contributed by atoms with Crippen LogP contribution in [0.15, 0.2) is 81.4 Å². The van der Waals surface area contributed by atoms with Gasteiger partial charge in [0.2, 0.25) is 0 Å². The zero-order valence-electron chi connectivity index (χ0n) is 14.4. The predicted molar refractivity (Wildman–Crippen MR) is 110 cm³/mol. The van der Waals surface area contributed by atoms with Crippen LogP contribution >= 0.6 is 11.3 Å². The Hall–Kier alpha value is -3.37. The molecule has 0 aliphatic rings. The zero-order valence-corrected chi connectivity index (χ0v) is 16.0. The van der Waals surface area contributed by atoms with E-state index in [0.29, 0.717) is 27.7 Å². The van der Waals surface area contributed by atoms with Gasteiger partial charge >= 0.3 is 0 Å². The number of nitrogens with two attached hydrogens (primary N) is 1. The average Bonchev–Trinajstić information content (AvgIpc) is 3.20. The second kappa shape index (κ2) is 7.33. The molecule has 10 heteroatoms. The summed E-state index contributed by atoms with van der Waals surface area (Å²) < 4.78 is 27.1. The summed E-state index contributed by atoms with van der Waals surface area (Å²) in [5, 5.41) is 11.2. The van der Waals surface area contributed by atoms with Crippen LogP contribution in [0.25, 0.3) is 10.9 Å². The third-order valence-corrected chi connectivity index (χ3v) is 6.02. The van der Waals surface area contributed by atoms with Gasteiger partial charge in [0.25, 0.3) is 10.0 Å². The Morgan fingerprint density at radius 3 is 2.54 bits per heavy atom. The van der Waals surface area contributed by atoms with Gasteiger partial charge in [-0.1, -0.05) is 0 Å². The van der Waals surface area contributed by atoms with Gasteiger partial charge in [-0.05, 0) is 48.5 Å². The van der Waals surface area contributed by atoms with Crippen molar-refractivity contribution in [1.82, 2.24) is 9.97 Å². The van der Waals surface area contributed by atoms with E-state index in [2.05, 4.69) is 24.9 Å². The molecule has 0 saturated carbocycles. The van der Waals surface area contributed by atoms with Crippen LogP contribution < -0.4 is 10.5 Å². The molecule has 0 bridgehead atoms. The number of nitrogen functional groups attached to an aromatic ring is 1. The lowest BCUT2D eigenvalue weighted by Gasteiger charge is -2.05. The molecular formula is C18H14N6O2S2. The molecule has 140 valence electrons. The van der Waals surface area contributed by atoms with E-state index in [-0.39, 0.29) is 4.90 Å². The van der Waals surface area contributed by atoms with Crippen LogP contribution in [-0.4, -0.2) is 18.4 Å². The van der Waals surface area contributed by atoms with Crippen molar-refractivity contribution in [2.24, 2.45) is 10.2 Å². The molecule has 28 heavy (non-hydrogen) atoms. The average molecular weight is 410 g/mol. The van der Waals surface area contributed by atoms with Crippen LogP contribution in [0, 0.1) is 0 Å². The molecule has 0 unspecified atom stereocenters. The Morgan fingerprint density at radius 2 is 1.79 bits per heavy atom. The Labute approximate surface area is 164 Å². The van der Waals surface area contributed by atoms with Gasteiger partial charge < -0.3 is 5.73 Å². The van der Waals surface area contributed by atoms with E-state index in [4.69, 9.17) is 5.73 Å². The van der Waals surface area contributed by atoms with Crippen LogP contribution in [0.2, 0.25) is 0 Å². The molecular weight excluding hydrogens is 396 g/mol. The summed E-state index contributed by atoms with van der Waals surface area (Å²) in [6, 6.07) is 13.3. The van der Waals surface area contributed by atoms with Crippen LogP contribution in [0.4, 0.5) is 22.2 Å². The fourth-order valence-electron chi connectivity index (χ4n) is 2.52. The molecule has 0 radical (unpaired) electrons. The number of pyridine rings is 1. The first kappa shape index (κ1) is 18.0. The second-order valence-electron chi connectivity index (χ2n) is 5.71. The maximum atomic E-state index is 12.4. The highest BCUT2D eigenvalue weighted by Gasteiger charge is 2.15. The van der Waals surface area contributed by atoms with E-state index >= 15 is 0 Å². The Kier molecular flexibility index (Phi) is 4.72. The fraction of sp³-hybridized carbons (Fsp3) is 0. The molecule has 0 aliphatic heterocycles. The molecule has 4 aromatic rings. The van der Waals surface area contributed by atoms with Crippen molar-refractivity contribution in [3.05, 3.63) is 66.3 Å². The first-order valence-corrected chi connectivity index (χ1v) is 10.5. The van der Waals surface area contributed by atoms with Gasteiger partial charge in [0.15, 0.2) is 5.13 Å². The van der Waals surface area contributed by atoms with Gasteiger partial charge in [0.05, 0.1) is 27.5 Å². The number of hydrogen-bond acceptors (Lipinski definition) is 8. The summed E-state index contributed by atoms with van der Waals surface area (Å²) in [7, 11) is -3.70. The molecule has 4 rings (SSSR count). The molecule has 2 heterocycles. The van der Waals surface area contributed by atoms with Crippen LogP contribution in [0.3, 0.4) is 0 Å². The Balaban J connectivity index is 1.58. The Morgan fingerprint density at radius 1 is 0.964 bits per heavy atom. The molecule has 0 saturated heterocycles. The minimum Gasteiger partial charge on any atom is -0.397 e. The number of nitrogens with one attached hydrogen (secondary N) is 1. The first-order valence-electron chi connectivity index (χ1n) is 8.10. The van der Waals surface area contributed by atoms with Crippen molar-refractivity contribution >= 4 is 54.5 Å². The number of anilines is 2. The van der Waals surface area contributed by atoms with Crippen molar-refractivity contribution in [1.29, 1.82) is 0 Å². The van der Waals surface area contributed by atoms with Gasteiger partial charge in [0.1, 0.15) is 0 Å². The number of nitrogens with zero attached hydrogens (tertiary/aromatic N) is 4. The first-order chi connectivity index (χ1) is 13.5. The molecule has 2 aromatic carbocycles. The van der Waals surface area contributed by atoms with Crippen molar-refractivity contribution in [2.45, 2.75) is 4.90 Å². The summed E-state index contributed by atoms with van der Waals surface area (Å²) in [6.45, 7) is 0. The number of benzene rings is 2. The number of hydrogen-bond donors (Lipinski definition) is 2. The highest BCUT2D eigenvalue weighted by Crippen LogP contribution is 2.30. The lowest BCUT2D eigenvalue weighted by molar-refractivity contribution is 0.601. The highest BCUT2D eigenvalue weighted by atomic mass is 32.2. The smallest absolute Gasteiger partial charge is 0.263 e. The maximum Gasteiger partial charge on any atom is 0.263 e. The van der Waals surface area contributed by atoms with Gasteiger partial charge in [-0.2, -0.15) is 5.11 Å². The molecule has 8 nitrogen and oxygen atoms in total. The lowest BCUT2D eigenvalue weighted by Crippen LogP contribution is -2.12. The number of aromatic nitrogens is 2.